The van der Waals surface area contributed by atoms with Gasteiger partial charge in [-0.15, -0.1) is 0 Å². The number of nitrogens with zero attached hydrogens (tertiary/aromatic N) is 2. The highest BCUT2D eigenvalue weighted by molar-refractivity contribution is 14.1. The van der Waals surface area contributed by atoms with Crippen LogP contribution in [0.25, 0.3) is 11.4 Å². The van der Waals surface area contributed by atoms with Crippen LogP contribution in [0.1, 0.15) is 5.69 Å². The second kappa shape index (κ2) is 5.16. The molecule has 0 spiro atoms. The highest BCUT2D eigenvalue weighted by Crippen LogP contribution is 2.29. The molecule has 2 aromatic rings. The molecule has 0 amide bonds. The van der Waals surface area contributed by atoms with Gasteiger partial charge in [0.15, 0.2) is 5.82 Å². The van der Waals surface area contributed by atoms with Crippen molar-refractivity contribution in [3.63, 3.8) is 0 Å². The van der Waals surface area contributed by atoms with Crippen LogP contribution in [0.15, 0.2) is 22.7 Å². The van der Waals surface area contributed by atoms with Crippen LogP contribution in [0.4, 0.5) is 4.39 Å². The molecule has 0 aliphatic carbocycles. The molecule has 1 aromatic heterocycles. The van der Waals surface area contributed by atoms with Gasteiger partial charge in [0.05, 0.1) is 9.26 Å². The van der Waals surface area contributed by atoms with Crippen LogP contribution in [-0.2, 0) is 0 Å². The third-order valence-electron chi connectivity index (χ3n) is 2.15. The van der Waals surface area contributed by atoms with Crippen LogP contribution in [0.2, 0.25) is 5.15 Å². The van der Waals surface area contributed by atoms with E-state index < -0.39 is 0 Å². The molecule has 0 radical (unpaired) electrons. The van der Waals surface area contributed by atoms with Crippen LogP contribution in [0.5, 0.6) is 0 Å². The summed E-state index contributed by atoms with van der Waals surface area (Å²) >= 11 is 11.4. The maximum absolute atomic E-state index is 13.0. The van der Waals surface area contributed by atoms with E-state index in [1.54, 1.807) is 6.07 Å². The normalized spacial score (nSPS) is 10.6. The zero-order valence-electron chi connectivity index (χ0n) is 8.64. The van der Waals surface area contributed by atoms with Gasteiger partial charge in [0.25, 0.3) is 0 Å². The highest BCUT2D eigenvalue weighted by atomic mass is 127. The number of aryl methyl sites for hydroxylation is 1. The van der Waals surface area contributed by atoms with E-state index in [1.807, 2.05) is 6.92 Å². The largest absolute Gasteiger partial charge is 0.232 e. The van der Waals surface area contributed by atoms with Crippen molar-refractivity contribution in [2.75, 3.05) is 0 Å². The second-order valence-corrected chi connectivity index (χ2v) is 5.65. The summed E-state index contributed by atoms with van der Waals surface area (Å²) in [5.74, 6) is 0.175. The van der Waals surface area contributed by atoms with Crippen molar-refractivity contribution < 1.29 is 4.39 Å². The number of halogens is 4. The Balaban J connectivity index is 2.61. The Morgan fingerprint density at radius 1 is 1.35 bits per heavy atom. The highest BCUT2D eigenvalue weighted by Gasteiger charge is 2.11. The number of aromatic nitrogens is 2. The Labute approximate surface area is 125 Å². The fourth-order valence-electron chi connectivity index (χ4n) is 1.32. The van der Waals surface area contributed by atoms with Gasteiger partial charge in [-0.2, -0.15) is 0 Å². The average Bonchev–Trinajstić information content (AvgIpc) is 2.25. The number of rotatable bonds is 1. The van der Waals surface area contributed by atoms with Gasteiger partial charge < -0.3 is 0 Å². The van der Waals surface area contributed by atoms with Gasteiger partial charge in [-0.05, 0) is 63.6 Å². The number of hydrogen-bond acceptors (Lipinski definition) is 2. The van der Waals surface area contributed by atoms with Crippen LogP contribution < -0.4 is 0 Å². The summed E-state index contributed by atoms with van der Waals surface area (Å²) in [4.78, 5) is 8.53. The fraction of sp³-hybridized carbons (Fsp3) is 0.0909. The van der Waals surface area contributed by atoms with Gasteiger partial charge in [-0.25, -0.2) is 14.4 Å². The van der Waals surface area contributed by atoms with Gasteiger partial charge in [0.2, 0.25) is 0 Å². The van der Waals surface area contributed by atoms with Crippen molar-refractivity contribution >= 4 is 50.1 Å². The van der Waals surface area contributed by atoms with E-state index in [2.05, 4.69) is 48.5 Å². The smallest absolute Gasteiger partial charge is 0.162 e. The maximum Gasteiger partial charge on any atom is 0.162 e. The zero-order valence-corrected chi connectivity index (χ0v) is 13.1. The number of hydrogen-bond donors (Lipinski definition) is 0. The van der Waals surface area contributed by atoms with Crippen molar-refractivity contribution in [3.05, 3.63) is 42.9 Å². The Bertz CT molecular complexity index is 569. The van der Waals surface area contributed by atoms with Crippen molar-refractivity contribution in [2.45, 2.75) is 6.92 Å². The average molecular weight is 427 g/mol. The molecule has 1 heterocycles. The van der Waals surface area contributed by atoms with E-state index in [9.17, 15) is 4.39 Å². The molecular formula is C11H6BrClFIN2. The predicted molar refractivity (Wildman–Crippen MR) is 77.6 cm³/mol. The SMILES string of the molecule is Cc1nc(-c2ccc(F)cc2Br)nc(Cl)c1I. The van der Waals surface area contributed by atoms with Gasteiger partial charge in [-0.1, -0.05) is 11.6 Å². The van der Waals surface area contributed by atoms with Crippen molar-refractivity contribution in [1.29, 1.82) is 0 Å². The first-order valence-electron chi connectivity index (χ1n) is 4.64. The Kier molecular flexibility index (Phi) is 3.99. The minimum Gasteiger partial charge on any atom is -0.232 e. The quantitative estimate of drug-likeness (QED) is 0.491. The molecule has 0 unspecified atom stereocenters. The van der Waals surface area contributed by atoms with Crippen LogP contribution in [-0.4, -0.2) is 9.97 Å². The maximum atomic E-state index is 13.0. The molecule has 2 rings (SSSR count). The molecule has 0 fully saturated rings. The summed E-state index contributed by atoms with van der Waals surface area (Å²) in [5, 5.41) is 0.407. The van der Waals surface area contributed by atoms with E-state index in [0.717, 1.165) is 9.26 Å². The Hall–Kier alpha value is -0.270. The summed E-state index contributed by atoms with van der Waals surface area (Å²) in [7, 11) is 0. The fourth-order valence-corrected chi connectivity index (χ4v) is 2.30. The third kappa shape index (κ3) is 2.77. The number of benzene rings is 1. The van der Waals surface area contributed by atoms with Gasteiger partial charge >= 0.3 is 0 Å². The van der Waals surface area contributed by atoms with E-state index in [1.165, 1.54) is 12.1 Å². The van der Waals surface area contributed by atoms with E-state index in [-0.39, 0.29) is 5.82 Å². The zero-order chi connectivity index (χ0) is 12.6. The summed E-state index contributed by atoms with van der Waals surface area (Å²) in [6, 6.07) is 4.36. The van der Waals surface area contributed by atoms with E-state index >= 15 is 0 Å². The van der Waals surface area contributed by atoms with Gasteiger partial charge in [0, 0.05) is 10.0 Å². The van der Waals surface area contributed by atoms with Crippen LogP contribution in [0.3, 0.4) is 0 Å². The molecule has 0 bridgehead atoms. The molecule has 0 N–H and O–H groups in total. The molecule has 17 heavy (non-hydrogen) atoms. The first kappa shape index (κ1) is 13.2. The molecule has 0 atom stereocenters. The van der Waals surface area contributed by atoms with Crippen molar-refractivity contribution in [1.82, 2.24) is 9.97 Å². The summed E-state index contributed by atoms with van der Waals surface area (Å²) < 4.78 is 14.4. The van der Waals surface area contributed by atoms with Crippen LogP contribution >= 0.6 is 50.1 Å². The second-order valence-electron chi connectivity index (χ2n) is 3.36. The first-order valence-corrected chi connectivity index (χ1v) is 6.89. The van der Waals surface area contributed by atoms with Gasteiger partial charge in [0.1, 0.15) is 11.0 Å². The molecule has 1 aromatic carbocycles. The lowest BCUT2D eigenvalue weighted by Gasteiger charge is -2.06. The lowest BCUT2D eigenvalue weighted by molar-refractivity contribution is 0.627. The van der Waals surface area contributed by atoms with Crippen molar-refractivity contribution in [3.8, 4) is 11.4 Å². The molecule has 0 aliphatic rings. The lowest BCUT2D eigenvalue weighted by Crippen LogP contribution is -1.97. The van der Waals surface area contributed by atoms with E-state index in [0.29, 0.717) is 21.0 Å². The monoisotopic (exact) mass is 426 g/mol. The van der Waals surface area contributed by atoms with Gasteiger partial charge in [-0.3, -0.25) is 0 Å². The van der Waals surface area contributed by atoms with Crippen LogP contribution in [0, 0.1) is 16.3 Å². The molecule has 0 saturated carbocycles. The Morgan fingerprint density at radius 2 is 2.06 bits per heavy atom. The summed E-state index contributed by atoms with van der Waals surface area (Å²) in [6.07, 6.45) is 0. The van der Waals surface area contributed by atoms with E-state index in [4.69, 9.17) is 11.6 Å². The molecule has 88 valence electrons. The Morgan fingerprint density at radius 3 is 2.65 bits per heavy atom. The third-order valence-corrected chi connectivity index (χ3v) is 4.69. The minimum atomic E-state index is -0.311. The molecule has 0 saturated heterocycles. The lowest BCUT2D eigenvalue weighted by atomic mass is 10.2. The molecule has 0 aliphatic heterocycles. The predicted octanol–water partition coefficient (Wildman–Crippen LogP) is 4.61. The topological polar surface area (TPSA) is 25.8 Å². The minimum absolute atomic E-state index is 0.311. The summed E-state index contributed by atoms with van der Waals surface area (Å²) in [5.41, 5.74) is 1.52. The summed E-state index contributed by atoms with van der Waals surface area (Å²) in [6.45, 7) is 1.86. The first-order chi connectivity index (χ1) is 7.99. The molecule has 2 nitrogen and oxygen atoms in total. The molecule has 6 heteroatoms. The van der Waals surface area contributed by atoms with Crippen molar-refractivity contribution in [2.24, 2.45) is 0 Å². The standard InChI is InChI=1S/C11H6BrClFIN2/c1-5-9(15)10(13)17-11(16-5)7-3-2-6(14)4-8(7)12/h2-4H,1H3. The molecular weight excluding hydrogens is 421 g/mol.